The fourth-order valence-electron chi connectivity index (χ4n) is 3.87. The number of amides is 1. The van der Waals surface area contributed by atoms with Crippen LogP contribution in [0.1, 0.15) is 55.0 Å². The van der Waals surface area contributed by atoms with E-state index in [1.165, 1.54) is 12.4 Å². The maximum atomic E-state index is 13.6. The van der Waals surface area contributed by atoms with Crippen molar-refractivity contribution in [2.24, 2.45) is 0 Å². The van der Waals surface area contributed by atoms with Crippen LogP contribution in [-0.4, -0.2) is 48.8 Å². The first kappa shape index (κ1) is 19.4. The maximum Gasteiger partial charge on any atom is 0.264 e. The molecule has 8 nitrogen and oxygen atoms in total. The van der Waals surface area contributed by atoms with E-state index in [-0.39, 0.29) is 28.5 Å². The molecule has 0 unspecified atom stereocenters. The molecule has 0 spiro atoms. The van der Waals surface area contributed by atoms with Gasteiger partial charge in [0.05, 0.1) is 11.1 Å². The Bertz CT molecular complexity index is 988. The summed E-state index contributed by atoms with van der Waals surface area (Å²) in [5.41, 5.74) is 0.956. The van der Waals surface area contributed by atoms with Crippen molar-refractivity contribution in [2.45, 2.75) is 51.5 Å². The summed E-state index contributed by atoms with van der Waals surface area (Å²) in [5.74, 6) is -0.0455. The molecule has 154 valence electrons. The lowest BCUT2D eigenvalue weighted by Gasteiger charge is -2.32. The molecule has 4 heterocycles. The zero-order valence-electron chi connectivity index (χ0n) is 16.1. The zero-order valence-corrected chi connectivity index (χ0v) is 16.1. The highest BCUT2D eigenvalue weighted by atomic mass is 19.3. The third kappa shape index (κ3) is 4.10. The molecular formula is C19H22F2N6O2. The lowest BCUT2D eigenvalue weighted by Crippen LogP contribution is -2.39. The minimum atomic E-state index is -2.64. The molecule has 3 aromatic rings. The number of piperidine rings is 1. The number of hydrogen-bond acceptors (Lipinski definition) is 6. The lowest BCUT2D eigenvalue weighted by atomic mass is 9.92. The van der Waals surface area contributed by atoms with Crippen molar-refractivity contribution in [3.8, 4) is 0 Å². The Labute approximate surface area is 165 Å². The molecule has 0 radical (unpaired) electrons. The van der Waals surface area contributed by atoms with Gasteiger partial charge in [0, 0.05) is 43.2 Å². The van der Waals surface area contributed by atoms with Gasteiger partial charge in [-0.2, -0.15) is 5.10 Å². The first-order chi connectivity index (χ1) is 14.0. The normalized spacial score (nSPS) is 17.4. The Hall–Kier alpha value is -2.91. The van der Waals surface area contributed by atoms with Crippen LogP contribution in [0.2, 0.25) is 0 Å². The summed E-state index contributed by atoms with van der Waals surface area (Å²) < 4.78 is 34.0. The minimum Gasteiger partial charge on any atom is -0.342 e. The van der Waals surface area contributed by atoms with E-state index in [1.807, 2.05) is 0 Å². The number of aromatic nitrogens is 5. The number of alkyl halides is 2. The summed E-state index contributed by atoms with van der Waals surface area (Å²) in [6, 6.07) is 1.44. The largest absolute Gasteiger partial charge is 0.342 e. The molecule has 0 bridgehead atoms. The Kier molecular flexibility index (Phi) is 5.50. The quantitative estimate of drug-likeness (QED) is 0.627. The smallest absolute Gasteiger partial charge is 0.264 e. The van der Waals surface area contributed by atoms with Crippen molar-refractivity contribution in [2.75, 3.05) is 13.1 Å². The number of aryl methyl sites for hydroxylation is 2. The van der Waals surface area contributed by atoms with Gasteiger partial charge in [-0.3, -0.25) is 9.48 Å². The van der Waals surface area contributed by atoms with Crippen LogP contribution in [0, 0.1) is 6.92 Å². The van der Waals surface area contributed by atoms with Crippen LogP contribution in [0.5, 0.6) is 0 Å². The summed E-state index contributed by atoms with van der Waals surface area (Å²) in [6.07, 6.45) is 3.11. The van der Waals surface area contributed by atoms with Crippen molar-refractivity contribution >= 4 is 17.0 Å². The topological polar surface area (TPSA) is 89.9 Å². The van der Waals surface area contributed by atoms with E-state index in [4.69, 9.17) is 4.52 Å². The molecule has 0 aromatic carbocycles. The number of fused-ring (bicyclic) bond motifs is 1. The van der Waals surface area contributed by atoms with Crippen LogP contribution in [-0.2, 0) is 11.3 Å². The third-order valence-electron chi connectivity index (χ3n) is 5.34. The molecule has 0 aliphatic carbocycles. The second-order valence-corrected chi connectivity index (χ2v) is 7.33. The standard InChI is InChI=1S/C19H22F2N6O2/c1-12-17-14(18(20)21)8-15(24-19(17)29-25-12)13-4-2-6-26(9-13)16(28)5-3-7-27-11-22-10-23-27/h8,10-11,13,18H,2-7,9H2,1H3/t13-/m0/s1. The molecule has 29 heavy (non-hydrogen) atoms. The summed E-state index contributed by atoms with van der Waals surface area (Å²) in [4.78, 5) is 22.7. The lowest BCUT2D eigenvalue weighted by molar-refractivity contribution is -0.132. The average molecular weight is 404 g/mol. The van der Waals surface area contributed by atoms with Crippen molar-refractivity contribution in [3.05, 3.63) is 35.7 Å². The molecule has 4 rings (SSSR count). The predicted molar refractivity (Wildman–Crippen MR) is 99.3 cm³/mol. The monoisotopic (exact) mass is 404 g/mol. The molecule has 0 saturated carbocycles. The average Bonchev–Trinajstić information content (AvgIpc) is 3.37. The van der Waals surface area contributed by atoms with Crippen LogP contribution in [0.25, 0.3) is 11.1 Å². The Balaban J connectivity index is 1.46. The van der Waals surface area contributed by atoms with Crippen molar-refractivity contribution in [1.82, 2.24) is 29.8 Å². The second kappa shape index (κ2) is 8.22. The van der Waals surface area contributed by atoms with E-state index < -0.39 is 6.43 Å². The fraction of sp³-hybridized carbons (Fsp3) is 0.526. The summed E-state index contributed by atoms with van der Waals surface area (Å²) in [7, 11) is 0. The number of pyridine rings is 1. The van der Waals surface area contributed by atoms with Crippen LogP contribution in [0.4, 0.5) is 8.78 Å². The molecule has 1 fully saturated rings. The fourth-order valence-corrected chi connectivity index (χ4v) is 3.87. The van der Waals surface area contributed by atoms with Gasteiger partial charge >= 0.3 is 0 Å². The first-order valence-corrected chi connectivity index (χ1v) is 9.68. The van der Waals surface area contributed by atoms with Gasteiger partial charge in [0.25, 0.3) is 12.1 Å². The molecule has 10 heteroatoms. The van der Waals surface area contributed by atoms with E-state index in [2.05, 4.69) is 20.2 Å². The number of hydrogen-bond donors (Lipinski definition) is 0. The summed E-state index contributed by atoms with van der Waals surface area (Å²) in [5, 5.41) is 8.08. The highest BCUT2D eigenvalue weighted by Gasteiger charge is 2.28. The molecule has 3 aromatic heterocycles. The van der Waals surface area contributed by atoms with Crippen LogP contribution in [0.15, 0.2) is 23.2 Å². The molecule has 1 amide bonds. The first-order valence-electron chi connectivity index (χ1n) is 9.68. The van der Waals surface area contributed by atoms with Gasteiger partial charge in [-0.05, 0) is 32.3 Å². The summed E-state index contributed by atoms with van der Waals surface area (Å²) >= 11 is 0. The molecule has 1 aliphatic rings. The number of halogens is 2. The molecule has 1 atom stereocenters. The number of rotatable bonds is 6. The van der Waals surface area contributed by atoms with Gasteiger partial charge in [-0.15, -0.1) is 0 Å². The van der Waals surface area contributed by atoms with Crippen molar-refractivity contribution < 1.29 is 18.1 Å². The van der Waals surface area contributed by atoms with E-state index in [1.54, 1.807) is 22.8 Å². The number of nitrogens with zero attached hydrogens (tertiary/aromatic N) is 6. The Morgan fingerprint density at radius 2 is 2.28 bits per heavy atom. The highest BCUT2D eigenvalue weighted by molar-refractivity contribution is 5.80. The Morgan fingerprint density at radius 1 is 1.41 bits per heavy atom. The van der Waals surface area contributed by atoms with Crippen molar-refractivity contribution in [3.63, 3.8) is 0 Å². The van der Waals surface area contributed by atoms with E-state index in [9.17, 15) is 13.6 Å². The van der Waals surface area contributed by atoms with Gasteiger partial charge in [0.1, 0.15) is 12.7 Å². The van der Waals surface area contributed by atoms with E-state index in [0.29, 0.717) is 43.9 Å². The van der Waals surface area contributed by atoms with Crippen molar-refractivity contribution in [1.29, 1.82) is 0 Å². The third-order valence-corrected chi connectivity index (χ3v) is 5.34. The predicted octanol–water partition coefficient (Wildman–Crippen LogP) is 3.25. The zero-order chi connectivity index (χ0) is 20.4. The van der Waals surface area contributed by atoms with E-state index >= 15 is 0 Å². The maximum absolute atomic E-state index is 13.6. The molecular weight excluding hydrogens is 382 g/mol. The van der Waals surface area contributed by atoms with Crippen LogP contribution >= 0.6 is 0 Å². The van der Waals surface area contributed by atoms with E-state index in [0.717, 1.165) is 12.8 Å². The molecule has 0 N–H and O–H groups in total. The summed E-state index contributed by atoms with van der Waals surface area (Å²) in [6.45, 7) is 3.39. The number of carbonyl (C=O) groups is 1. The molecule has 1 saturated heterocycles. The van der Waals surface area contributed by atoms with Gasteiger partial charge in [-0.25, -0.2) is 18.7 Å². The SMILES string of the molecule is Cc1noc2nc([C@H]3CCCN(C(=O)CCCn4cncn4)C3)cc(C(F)F)c12. The molecule has 1 aliphatic heterocycles. The highest BCUT2D eigenvalue weighted by Crippen LogP contribution is 2.34. The Morgan fingerprint density at radius 3 is 3.03 bits per heavy atom. The number of carbonyl (C=O) groups excluding carboxylic acids is 1. The van der Waals surface area contributed by atoms with Crippen LogP contribution in [0.3, 0.4) is 0 Å². The number of likely N-dealkylation sites (tertiary alicyclic amines) is 1. The van der Waals surface area contributed by atoms with Gasteiger partial charge < -0.3 is 9.42 Å². The second-order valence-electron chi connectivity index (χ2n) is 7.33. The van der Waals surface area contributed by atoms with Gasteiger partial charge in [0.15, 0.2) is 0 Å². The minimum absolute atomic E-state index is 0.0560. The van der Waals surface area contributed by atoms with Crippen LogP contribution < -0.4 is 0 Å². The van der Waals surface area contributed by atoms with Gasteiger partial charge in [0.2, 0.25) is 5.91 Å². The van der Waals surface area contributed by atoms with Gasteiger partial charge in [-0.1, -0.05) is 5.16 Å².